The third kappa shape index (κ3) is 3.01. The van der Waals surface area contributed by atoms with Crippen molar-refractivity contribution in [2.75, 3.05) is 0 Å². The second kappa shape index (κ2) is 5.13. The zero-order chi connectivity index (χ0) is 14.0. The van der Waals surface area contributed by atoms with Crippen LogP contribution in [0.1, 0.15) is 37.7 Å². The third-order valence-corrected chi connectivity index (χ3v) is 3.75. The Balaban J connectivity index is 2.32. The molecule has 0 saturated heterocycles. The maximum atomic E-state index is 11.9. The van der Waals surface area contributed by atoms with Crippen LogP contribution in [0.25, 0.3) is 0 Å². The minimum absolute atomic E-state index is 0.0843. The van der Waals surface area contributed by atoms with Gasteiger partial charge in [-0.2, -0.15) is 0 Å². The fourth-order valence-electron chi connectivity index (χ4n) is 2.65. The van der Waals surface area contributed by atoms with Gasteiger partial charge in [0.2, 0.25) is 0 Å². The first-order valence-electron chi connectivity index (χ1n) is 6.49. The van der Waals surface area contributed by atoms with Crippen LogP contribution in [-0.4, -0.2) is 20.2 Å². The van der Waals surface area contributed by atoms with Crippen LogP contribution >= 0.6 is 0 Å². The Morgan fingerprint density at radius 3 is 2.63 bits per heavy atom. The summed E-state index contributed by atoms with van der Waals surface area (Å²) in [5, 5.41) is 21.3. The molecular weight excluding hydrogens is 248 g/mol. The fourth-order valence-corrected chi connectivity index (χ4v) is 2.65. The van der Waals surface area contributed by atoms with E-state index in [0.29, 0.717) is 18.4 Å². The van der Waals surface area contributed by atoms with Gasteiger partial charge in [0, 0.05) is 11.6 Å². The zero-order valence-corrected chi connectivity index (χ0v) is 11.0. The summed E-state index contributed by atoms with van der Waals surface area (Å²) in [6.45, 7) is 1.67. The summed E-state index contributed by atoms with van der Waals surface area (Å²) in [7, 11) is 0. The molecule has 1 saturated carbocycles. The van der Waals surface area contributed by atoms with Gasteiger partial charge in [0.1, 0.15) is 0 Å². The van der Waals surface area contributed by atoms with Gasteiger partial charge in [-0.05, 0) is 19.8 Å². The first-order valence-corrected chi connectivity index (χ1v) is 6.49. The highest BCUT2D eigenvalue weighted by Crippen LogP contribution is 2.29. The molecule has 0 atom stereocenters. The molecule has 1 aromatic heterocycles. The molecule has 1 aliphatic carbocycles. The normalized spacial score (nSPS) is 18.2. The maximum absolute atomic E-state index is 11.9. The average Bonchev–Trinajstić information content (AvgIpc) is 2.33. The highest BCUT2D eigenvalue weighted by Gasteiger charge is 2.30. The van der Waals surface area contributed by atoms with E-state index in [1.54, 1.807) is 6.92 Å². The van der Waals surface area contributed by atoms with Crippen LogP contribution in [0.3, 0.4) is 0 Å². The molecule has 0 bridgehead atoms. The standard InChI is InChI=1S/C13H18N2O4/c1-10-7-12(16)14(8-11(10)15(18)19)9-13(17)5-3-2-4-6-13/h7-8,17H,2-6,9H2,1H3. The van der Waals surface area contributed by atoms with Crippen molar-refractivity contribution in [1.82, 2.24) is 4.57 Å². The van der Waals surface area contributed by atoms with Crippen LogP contribution in [0.4, 0.5) is 5.69 Å². The maximum Gasteiger partial charge on any atom is 0.288 e. The van der Waals surface area contributed by atoms with Gasteiger partial charge in [-0.1, -0.05) is 19.3 Å². The van der Waals surface area contributed by atoms with Crippen LogP contribution in [0, 0.1) is 17.0 Å². The van der Waals surface area contributed by atoms with Gasteiger partial charge in [0.05, 0.1) is 23.3 Å². The highest BCUT2D eigenvalue weighted by atomic mass is 16.6. The molecule has 0 aromatic carbocycles. The number of nitro groups is 1. The quantitative estimate of drug-likeness (QED) is 0.667. The average molecular weight is 266 g/mol. The Morgan fingerprint density at radius 2 is 2.05 bits per heavy atom. The summed E-state index contributed by atoms with van der Waals surface area (Å²) < 4.78 is 1.26. The molecule has 0 aliphatic heterocycles. The predicted octanol–water partition coefficient (Wildman–Crippen LogP) is 1.76. The molecule has 0 radical (unpaired) electrons. The van der Waals surface area contributed by atoms with Crippen LogP contribution < -0.4 is 5.56 Å². The second-order valence-electron chi connectivity index (χ2n) is 5.35. The number of aromatic nitrogens is 1. The zero-order valence-electron chi connectivity index (χ0n) is 11.0. The van der Waals surface area contributed by atoms with Crippen LogP contribution in [0.15, 0.2) is 17.1 Å². The summed E-state index contributed by atoms with van der Waals surface area (Å²) in [4.78, 5) is 22.2. The van der Waals surface area contributed by atoms with Crippen molar-refractivity contribution < 1.29 is 10.0 Å². The minimum Gasteiger partial charge on any atom is -0.388 e. The molecule has 1 aromatic rings. The van der Waals surface area contributed by atoms with Gasteiger partial charge in [0.25, 0.3) is 11.2 Å². The minimum atomic E-state index is -0.912. The van der Waals surface area contributed by atoms with E-state index in [4.69, 9.17) is 0 Å². The van der Waals surface area contributed by atoms with Crippen LogP contribution in [-0.2, 0) is 6.54 Å². The molecule has 1 aliphatic rings. The van der Waals surface area contributed by atoms with Gasteiger partial charge >= 0.3 is 0 Å². The van der Waals surface area contributed by atoms with E-state index in [9.17, 15) is 20.0 Å². The van der Waals surface area contributed by atoms with Gasteiger partial charge in [-0.3, -0.25) is 14.9 Å². The Labute approximate surface area is 110 Å². The highest BCUT2D eigenvalue weighted by molar-refractivity contribution is 5.35. The summed E-state index contributed by atoms with van der Waals surface area (Å²) in [6, 6.07) is 1.25. The van der Waals surface area contributed by atoms with E-state index in [1.165, 1.54) is 16.8 Å². The number of rotatable bonds is 3. The van der Waals surface area contributed by atoms with Gasteiger partial charge < -0.3 is 9.67 Å². The number of hydrogen-bond acceptors (Lipinski definition) is 4. The van der Waals surface area contributed by atoms with Crippen molar-refractivity contribution in [1.29, 1.82) is 0 Å². The van der Waals surface area contributed by atoms with Crippen molar-refractivity contribution >= 4 is 5.69 Å². The van der Waals surface area contributed by atoms with Gasteiger partial charge in [0.15, 0.2) is 0 Å². The number of pyridine rings is 1. The van der Waals surface area contributed by atoms with Gasteiger partial charge in [-0.25, -0.2) is 0 Å². The number of hydrogen-bond donors (Lipinski definition) is 1. The summed E-state index contributed by atoms with van der Waals surface area (Å²) in [5.41, 5.74) is -0.950. The van der Waals surface area contributed by atoms with E-state index in [-0.39, 0.29) is 17.8 Å². The summed E-state index contributed by atoms with van der Waals surface area (Å²) >= 11 is 0. The fraction of sp³-hybridized carbons (Fsp3) is 0.615. The first kappa shape index (κ1) is 13.7. The molecule has 1 heterocycles. The lowest BCUT2D eigenvalue weighted by Crippen LogP contribution is -2.39. The molecule has 2 rings (SSSR count). The van der Waals surface area contributed by atoms with Crippen molar-refractivity contribution in [2.24, 2.45) is 0 Å². The largest absolute Gasteiger partial charge is 0.388 e. The lowest BCUT2D eigenvalue weighted by molar-refractivity contribution is -0.386. The summed E-state index contributed by atoms with van der Waals surface area (Å²) in [6.07, 6.45) is 5.47. The summed E-state index contributed by atoms with van der Waals surface area (Å²) in [5.74, 6) is 0. The van der Waals surface area contributed by atoms with Gasteiger partial charge in [-0.15, -0.1) is 0 Å². The second-order valence-corrected chi connectivity index (χ2v) is 5.35. The van der Waals surface area contributed by atoms with E-state index in [0.717, 1.165) is 19.3 Å². The lowest BCUT2D eigenvalue weighted by Gasteiger charge is -2.32. The topological polar surface area (TPSA) is 85.4 Å². The van der Waals surface area contributed by atoms with E-state index in [1.807, 2.05) is 0 Å². The van der Waals surface area contributed by atoms with Crippen molar-refractivity contribution in [3.8, 4) is 0 Å². The SMILES string of the molecule is Cc1cc(=O)n(CC2(O)CCCCC2)cc1[N+](=O)[O-]. The van der Waals surface area contributed by atoms with Crippen molar-refractivity contribution in [2.45, 2.75) is 51.2 Å². The third-order valence-electron chi connectivity index (χ3n) is 3.75. The van der Waals surface area contributed by atoms with Crippen LogP contribution in [0.5, 0.6) is 0 Å². The molecule has 0 amide bonds. The first-order chi connectivity index (χ1) is 8.91. The molecule has 1 N–H and O–H groups in total. The molecule has 6 heteroatoms. The Hall–Kier alpha value is -1.69. The molecule has 0 unspecified atom stereocenters. The van der Waals surface area contributed by atoms with Crippen molar-refractivity contribution in [3.05, 3.63) is 38.3 Å². The molecular formula is C13H18N2O4. The van der Waals surface area contributed by atoms with E-state index >= 15 is 0 Å². The molecule has 6 nitrogen and oxygen atoms in total. The Bertz CT molecular complexity index is 544. The Morgan fingerprint density at radius 1 is 1.42 bits per heavy atom. The molecule has 104 valence electrons. The molecule has 0 spiro atoms. The predicted molar refractivity (Wildman–Crippen MR) is 70.1 cm³/mol. The number of nitrogens with zero attached hydrogens (tertiary/aromatic N) is 2. The Kier molecular flexibility index (Phi) is 3.71. The molecule has 19 heavy (non-hydrogen) atoms. The van der Waals surface area contributed by atoms with E-state index < -0.39 is 10.5 Å². The molecule has 1 fully saturated rings. The monoisotopic (exact) mass is 266 g/mol. The van der Waals surface area contributed by atoms with Crippen LogP contribution in [0.2, 0.25) is 0 Å². The smallest absolute Gasteiger partial charge is 0.288 e. The lowest BCUT2D eigenvalue weighted by atomic mass is 9.85. The van der Waals surface area contributed by atoms with E-state index in [2.05, 4.69) is 0 Å². The number of aliphatic hydroxyl groups is 1. The number of aryl methyl sites for hydroxylation is 1. The van der Waals surface area contributed by atoms with Crippen molar-refractivity contribution in [3.63, 3.8) is 0 Å².